The number of nitrogens with one attached hydrogen (secondary N) is 2. The number of likely N-dealkylation sites (tertiary alicyclic amines) is 1. The second-order valence-corrected chi connectivity index (χ2v) is 6.02. The number of carbonyl (C=O) groups is 2. The molecule has 6 nitrogen and oxygen atoms in total. The van der Waals surface area contributed by atoms with Crippen LogP contribution < -0.4 is 10.6 Å². The molecule has 1 aliphatic carbocycles. The van der Waals surface area contributed by atoms with Crippen LogP contribution in [0.1, 0.15) is 38.5 Å². The molecular formula is C15H27N3O3. The lowest BCUT2D eigenvalue weighted by Crippen LogP contribution is -2.52. The van der Waals surface area contributed by atoms with E-state index in [1.165, 1.54) is 32.1 Å². The summed E-state index contributed by atoms with van der Waals surface area (Å²) >= 11 is 0. The van der Waals surface area contributed by atoms with Gasteiger partial charge in [0.05, 0.1) is 13.2 Å². The largest absolute Gasteiger partial charge is 0.383 e. The van der Waals surface area contributed by atoms with Crippen molar-refractivity contribution in [1.82, 2.24) is 15.5 Å². The van der Waals surface area contributed by atoms with Gasteiger partial charge < -0.3 is 10.1 Å². The summed E-state index contributed by atoms with van der Waals surface area (Å²) in [4.78, 5) is 25.8. The molecule has 0 spiro atoms. The number of urea groups is 1. The van der Waals surface area contributed by atoms with Crippen LogP contribution in [0.5, 0.6) is 0 Å². The summed E-state index contributed by atoms with van der Waals surface area (Å²) in [5, 5.41) is 4.99. The van der Waals surface area contributed by atoms with Crippen molar-refractivity contribution >= 4 is 11.9 Å². The van der Waals surface area contributed by atoms with Gasteiger partial charge in [-0.2, -0.15) is 0 Å². The van der Waals surface area contributed by atoms with Gasteiger partial charge in [-0.25, -0.2) is 4.79 Å². The quantitative estimate of drug-likeness (QED) is 0.746. The molecule has 2 aliphatic rings. The van der Waals surface area contributed by atoms with Gasteiger partial charge in [0.2, 0.25) is 5.91 Å². The highest BCUT2D eigenvalue weighted by Gasteiger charge is 2.33. The maximum absolute atomic E-state index is 12.0. The van der Waals surface area contributed by atoms with Gasteiger partial charge >= 0.3 is 6.03 Å². The van der Waals surface area contributed by atoms with E-state index in [4.69, 9.17) is 4.74 Å². The molecule has 21 heavy (non-hydrogen) atoms. The molecule has 2 fully saturated rings. The van der Waals surface area contributed by atoms with Gasteiger partial charge in [-0.3, -0.25) is 15.0 Å². The van der Waals surface area contributed by atoms with Gasteiger partial charge in [0.1, 0.15) is 0 Å². The van der Waals surface area contributed by atoms with Crippen LogP contribution in [0.4, 0.5) is 4.79 Å². The minimum Gasteiger partial charge on any atom is -0.383 e. The summed E-state index contributed by atoms with van der Waals surface area (Å²) < 4.78 is 4.84. The van der Waals surface area contributed by atoms with Crippen molar-refractivity contribution in [3.05, 3.63) is 0 Å². The number of piperidine rings is 1. The Balaban J connectivity index is 1.74. The zero-order valence-electron chi connectivity index (χ0n) is 12.9. The predicted octanol–water partition coefficient (Wildman–Crippen LogP) is 1.11. The molecule has 1 saturated heterocycles. The Labute approximate surface area is 126 Å². The second kappa shape index (κ2) is 8.34. The summed E-state index contributed by atoms with van der Waals surface area (Å²) in [7, 11) is 1.57. The van der Waals surface area contributed by atoms with Gasteiger partial charge in [-0.1, -0.05) is 12.8 Å². The van der Waals surface area contributed by atoms with Crippen molar-refractivity contribution in [3.63, 3.8) is 0 Å². The molecule has 1 saturated carbocycles. The number of carbonyl (C=O) groups excluding carboxylic acids is 2. The Hall–Kier alpha value is -1.14. The molecule has 2 rings (SSSR count). The second-order valence-electron chi connectivity index (χ2n) is 6.02. The van der Waals surface area contributed by atoms with Crippen LogP contribution >= 0.6 is 0 Å². The fraction of sp³-hybridized carbons (Fsp3) is 0.867. The van der Waals surface area contributed by atoms with Crippen LogP contribution in [0, 0.1) is 5.92 Å². The Morgan fingerprint density at radius 2 is 1.95 bits per heavy atom. The van der Waals surface area contributed by atoms with Crippen molar-refractivity contribution in [2.45, 2.75) is 44.6 Å². The lowest BCUT2D eigenvalue weighted by atomic mass is 9.78. The van der Waals surface area contributed by atoms with Gasteiger partial charge in [-0.15, -0.1) is 0 Å². The molecule has 0 bridgehead atoms. The molecule has 3 amide bonds. The van der Waals surface area contributed by atoms with E-state index in [1.54, 1.807) is 7.11 Å². The highest BCUT2D eigenvalue weighted by Crippen LogP contribution is 2.34. The summed E-state index contributed by atoms with van der Waals surface area (Å²) in [6.07, 6.45) is 7.52. The van der Waals surface area contributed by atoms with Crippen molar-refractivity contribution in [2.75, 3.05) is 33.4 Å². The van der Waals surface area contributed by atoms with Crippen molar-refractivity contribution in [1.29, 1.82) is 0 Å². The minimum atomic E-state index is -0.436. The number of hydrogen-bond donors (Lipinski definition) is 2. The van der Waals surface area contributed by atoms with E-state index >= 15 is 0 Å². The first-order valence-electron chi connectivity index (χ1n) is 8.01. The van der Waals surface area contributed by atoms with E-state index in [0.717, 1.165) is 18.9 Å². The zero-order valence-corrected chi connectivity index (χ0v) is 12.9. The topological polar surface area (TPSA) is 70.7 Å². The molecule has 1 heterocycles. The summed E-state index contributed by atoms with van der Waals surface area (Å²) in [5.41, 5.74) is 0. The summed E-state index contributed by atoms with van der Waals surface area (Å²) in [6, 6.07) is 0.101. The highest BCUT2D eigenvalue weighted by atomic mass is 16.5. The SMILES string of the molecule is COCCNC(=O)NC(=O)CN1CCCC2CCCCC21. The molecular weight excluding hydrogens is 270 g/mol. The normalized spacial score (nSPS) is 26.0. The van der Waals surface area contributed by atoms with Crippen LogP contribution in [0.2, 0.25) is 0 Å². The Morgan fingerprint density at radius 3 is 2.76 bits per heavy atom. The van der Waals surface area contributed by atoms with Crippen LogP contribution in [-0.2, 0) is 9.53 Å². The number of ether oxygens (including phenoxy) is 1. The summed E-state index contributed by atoms with van der Waals surface area (Å²) in [5.74, 6) is 0.534. The van der Waals surface area contributed by atoms with Crippen molar-refractivity contribution in [3.8, 4) is 0 Å². The maximum atomic E-state index is 12.0. The molecule has 0 aromatic carbocycles. The Kier molecular flexibility index (Phi) is 6.45. The van der Waals surface area contributed by atoms with Crippen LogP contribution in [0.15, 0.2) is 0 Å². The molecule has 0 radical (unpaired) electrons. The zero-order chi connectivity index (χ0) is 15.1. The smallest absolute Gasteiger partial charge is 0.321 e. The third kappa shape index (κ3) is 4.97. The lowest BCUT2D eigenvalue weighted by Gasteiger charge is -2.43. The van der Waals surface area contributed by atoms with Gasteiger partial charge in [-0.05, 0) is 38.1 Å². The van der Waals surface area contributed by atoms with Crippen LogP contribution in [0.3, 0.4) is 0 Å². The monoisotopic (exact) mass is 297 g/mol. The fourth-order valence-electron chi connectivity index (χ4n) is 3.59. The number of rotatable bonds is 5. The molecule has 0 aromatic rings. The van der Waals surface area contributed by atoms with Crippen LogP contribution in [-0.4, -0.2) is 56.2 Å². The minimum absolute atomic E-state index is 0.212. The standard InChI is InChI=1S/C15H27N3O3/c1-21-10-8-16-15(20)17-14(19)11-18-9-4-6-12-5-2-3-7-13(12)18/h12-13H,2-11H2,1H3,(H2,16,17,19,20). The van der Waals surface area contributed by atoms with E-state index < -0.39 is 6.03 Å². The molecule has 2 N–H and O–H groups in total. The van der Waals surface area contributed by atoms with Crippen molar-refractivity contribution < 1.29 is 14.3 Å². The number of amides is 3. The predicted molar refractivity (Wildman–Crippen MR) is 80.0 cm³/mol. The first-order chi connectivity index (χ1) is 10.2. The average molecular weight is 297 g/mol. The van der Waals surface area contributed by atoms with Gasteiger partial charge in [0.15, 0.2) is 0 Å². The number of imide groups is 1. The molecule has 6 heteroatoms. The molecule has 120 valence electrons. The van der Waals surface area contributed by atoms with E-state index in [1.807, 2.05) is 0 Å². The molecule has 2 atom stereocenters. The molecule has 1 aliphatic heterocycles. The third-order valence-electron chi connectivity index (χ3n) is 4.55. The van der Waals surface area contributed by atoms with E-state index in [2.05, 4.69) is 15.5 Å². The lowest BCUT2D eigenvalue weighted by molar-refractivity contribution is -0.122. The Morgan fingerprint density at radius 1 is 1.19 bits per heavy atom. The highest BCUT2D eigenvalue weighted by molar-refractivity contribution is 5.95. The average Bonchev–Trinajstić information content (AvgIpc) is 2.48. The first kappa shape index (κ1) is 16.2. The van der Waals surface area contributed by atoms with Gasteiger partial charge in [0, 0.05) is 19.7 Å². The van der Waals surface area contributed by atoms with E-state index in [0.29, 0.717) is 25.7 Å². The van der Waals surface area contributed by atoms with E-state index in [9.17, 15) is 9.59 Å². The third-order valence-corrected chi connectivity index (χ3v) is 4.55. The van der Waals surface area contributed by atoms with E-state index in [-0.39, 0.29) is 5.91 Å². The maximum Gasteiger partial charge on any atom is 0.321 e. The molecule has 2 unspecified atom stereocenters. The summed E-state index contributed by atoms with van der Waals surface area (Å²) in [6.45, 7) is 2.15. The van der Waals surface area contributed by atoms with Crippen molar-refractivity contribution in [2.24, 2.45) is 5.92 Å². The number of hydrogen-bond acceptors (Lipinski definition) is 4. The van der Waals surface area contributed by atoms with Crippen LogP contribution in [0.25, 0.3) is 0 Å². The fourth-order valence-corrected chi connectivity index (χ4v) is 3.59. The molecule has 0 aromatic heterocycles. The number of fused-ring (bicyclic) bond motifs is 1. The first-order valence-corrected chi connectivity index (χ1v) is 8.01. The number of methoxy groups -OCH3 is 1. The number of nitrogens with zero attached hydrogens (tertiary/aromatic N) is 1. The Bertz CT molecular complexity index is 360. The van der Waals surface area contributed by atoms with Gasteiger partial charge in [0.25, 0.3) is 0 Å².